The smallest absolute Gasteiger partial charge is 0.416 e. The van der Waals surface area contributed by atoms with Crippen LogP contribution in [0.4, 0.5) is 19.0 Å². The van der Waals surface area contributed by atoms with Gasteiger partial charge in [0, 0.05) is 6.42 Å². The van der Waals surface area contributed by atoms with Crippen molar-refractivity contribution in [3.8, 4) is 11.6 Å². The molecule has 2 N–H and O–H groups in total. The molecule has 1 heterocycles. The first-order valence-corrected chi connectivity index (χ1v) is 6.29. The maximum atomic E-state index is 12.5. The first kappa shape index (κ1) is 15.1. The molecule has 0 aliphatic rings. The summed E-state index contributed by atoms with van der Waals surface area (Å²) in [4.78, 5) is 8.26. The van der Waals surface area contributed by atoms with Crippen LogP contribution in [-0.2, 0) is 12.6 Å². The molecular weight excluding hydrogens is 283 g/mol. The molecule has 2 rings (SSSR count). The van der Waals surface area contributed by atoms with E-state index in [2.05, 4.69) is 9.97 Å². The number of ether oxygens (including phenoxy) is 1. The van der Waals surface area contributed by atoms with Crippen LogP contribution in [0.2, 0.25) is 0 Å². The molecule has 0 atom stereocenters. The number of nitrogens with two attached hydrogens (primary N) is 1. The summed E-state index contributed by atoms with van der Waals surface area (Å²) in [5.41, 5.74) is 5.57. The molecule has 0 bridgehead atoms. The van der Waals surface area contributed by atoms with Crippen LogP contribution in [0, 0.1) is 6.92 Å². The van der Waals surface area contributed by atoms with Gasteiger partial charge in [-0.05, 0) is 31.2 Å². The maximum Gasteiger partial charge on any atom is 0.416 e. The molecule has 0 aliphatic carbocycles. The van der Waals surface area contributed by atoms with Crippen molar-refractivity contribution in [1.29, 1.82) is 0 Å². The number of benzene rings is 1. The number of nitrogen functional groups attached to an aromatic ring is 1. The van der Waals surface area contributed by atoms with Gasteiger partial charge in [-0.15, -0.1) is 0 Å². The number of halogens is 3. The molecule has 0 amide bonds. The van der Waals surface area contributed by atoms with Crippen LogP contribution in [0.1, 0.15) is 23.9 Å². The lowest BCUT2D eigenvalue weighted by atomic mass is 10.2. The normalized spacial score (nSPS) is 11.5. The average Bonchev–Trinajstić information content (AvgIpc) is 2.43. The Kier molecular flexibility index (Phi) is 4.02. The van der Waals surface area contributed by atoms with Gasteiger partial charge in [0.05, 0.1) is 11.1 Å². The van der Waals surface area contributed by atoms with E-state index in [9.17, 15) is 13.2 Å². The van der Waals surface area contributed by atoms with Crippen molar-refractivity contribution in [3.05, 3.63) is 41.2 Å². The van der Waals surface area contributed by atoms with Crippen LogP contribution in [0.25, 0.3) is 0 Å². The van der Waals surface area contributed by atoms with Crippen molar-refractivity contribution in [2.75, 3.05) is 5.73 Å². The number of nitrogens with zero attached hydrogens (tertiary/aromatic N) is 2. The minimum Gasteiger partial charge on any atom is -0.439 e. The van der Waals surface area contributed by atoms with Crippen LogP contribution in [0.5, 0.6) is 11.6 Å². The number of alkyl halides is 3. The van der Waals surface area contributed by atoms with E-state index in [4.69, 9.17) is 10.5 Å². The molecular formula is C14H14F3N3O. The number of hydrogen-bond donors (Lipinski definition) is 1. The summed E-state index contributed by atoms with van der Waals surface area (Å²) in [7, 11) is 0. The van der Waals surface area contributed by atoms with Gasteiger partial charge in [-0.25, -0.2) is 4.98 Å². The van der Waals surface area contributed by atoms with Gasteiger partial charge in [0.15, 0.2) is 0 Å². The number of rotatable bonds is 3. The van der Waals surface area contributed by atoms with E-state index >= 15 is 0 Å². The first-order valence-electron chi connectivity index (χ1n) is 6.29. The first-order chi connectivity index (χ1) is 9.81. The maximum absolute atomic E-state index is 12.5. The highest BCUT2D eigenvalue weighted by atomic mass is 19.4. The van der Waals surface area contributed by atoms with Gasteiger partial charge < -0.3 is 10.5 Å². The van der Waals surface area contributed by atoms with Gasteiger partial charge in [0.1, 0.15) is 17.4 Å². The van der Waals surface area contributed by atoms with Crippen molar-refractivity contribution < 1.29 is 17.9 Å². The summed E-state index contributed by atoms with van der Waals surface area (Å²) < 4.78 is 43.0. The van der Waals surface area contributed by atoms with E-state index in [0.717, 1.165) is 12.1 Å². The van der Waals surface area contributed by atoms with Gasteiger partial charge >= 0.3 is 6.18 Å². The number of aromatic nitrogens is 2. The van der Waals surface area contributed by atoms with Crippen molar-refractivity contribution in [2.45, 2.75) is 26.4 Å². The fourth-order valence-electron chi connectivity index (χ4n) is 1.64. The molecule has 0 radical (unpaired) electrons. The average molecular weight is 297 g/mol. The van der Waals surface area contributed by atoms with E-state index in [1.807, 2.05) is 6.92 Å². The van der Waals surface area contributed by atoms with Crippen molar-refractivity contribution in [1.82, 2.24) is 9.97 Å². The van der Waals surface area contributed by atoms with E-state index in [1.165, 1.54) is 12.1 Å². The van der Waals surface area contributed by atoms with Gasteiger partial charge in [0.25, 0.3) is 0 Å². The molecule has 7 heteroatoms. The SMILES string of the molecule is CCc1nc(N)c(C)c(Oc2ccc(C(F)(F)F)cc2)n1. The monoisotopic (exact) mass is 297 g/mol. The highest BCUT2D eigenvalue weighted by Crippen LogP contribution is 2.32. The van der Waals surface area contributed by atoms with Crippen LogP contribution in [-0.4, -0.2) is 9.97 Å². The Labute approximate surface area is 119 Å². The van der Waals surface area contributed by atoms with E-state index in [1.54, 1.807) is 6.92 Å². The summed E-state index contributed by atoms with van der Waals surface area (Å²) in [5, 5.41) is 0. The Hall–Kier alpha value is -2.31. The molecule has 21 heavy (non-hydrogen) atoms. The van der Waals surface area contributed by atoms with Crippen molar-refractivity contribution in [2.24, 2.45) is 0 Å². The Morgan fingerprint density at radius 3 is 2.29 bits per heavy atom. The lowest BCUT2D eigenvalue weighted by molar-refractivity contribution is -0.137. The van der Waals surface area contributed by atoms with Crippen LogP contribution in [0.3, 0.4) is 0 Å². The predicted molar refractivity (Wildman–Crippen MR) is 72.1 cm³/mol. The molecule has 1 aromatic heterocycles. The number of anilines is 1. The zero-order valence-electron chi connectivity index (χ0n) is 11.5. The second-order valence-corrected chi connectivity index (χ2v) is 4.43. The zero-order valence-corrected chi connectivity index (χ0v) is 11.5. The summed E-state index contributed by atoms with van der Waals surface area (Å²) in [6, 6.07) is 4.39. The highest BCUT2D eigenvalue weighted by molar-refractivity contribution is 5.46. The Bertz CT molecular complexity index is 639. The standard InChI is InChI=1S/C14H14F3N3O/c1-3-11-19-12(18)8(2)13(20-11)21-10-6-4-9(5-7-10)14(15,16)17/h4-7H,3H2,1-2H3,(H2,18,19,20). The van der Waals surface area contributed by atoms with Gasteiger partial charge in [-0.3, -0.25) is 0 Å². The van der Waals surface area contributed by atoms with Gasteiger partial charge in [0.2, 0.25) is 5.88 Å². The van der Waals surface area contributed by atoms with Crippen molar-refractivity contribution >= 4 is 5.82 Å². The molecule has 2 aromatic rings. The predicted octanol–water partition coefficient (Wildman–Crippen LogP) is 3.74. The largest absolute Gasteiger partial charge is 0.439 e. The Morgan fingerprint density at radius 1 is 1.14 bits per heavy atom. The van der Waals surface area contributed by atoms with E-state index in [0.29, 0.717) is 23.6 Å². The summed E-state index contributed by atoms with van der Waals surface area (Å²) in [5.74, 6) is 1.31. The fourth-order valence-corrected chi connectivity index (χ4v) is 1.64. The molecule has 1 aromatic carbocycles. The minimum atomic E-state index is -4.37. The molecule has 0 unspecified atom stereocenters. The van der Waals surface area contributed by atoms with Crippen LogP contribution >= 0.6 is 0 Å². The molecule has 4 nitrogen and oxygen atoms in total. The molecule has 0 saturated carbocycles. The fraction of sp³-hybridized carbons (Fsp3) is 0.286. The zero-order chi connectivity index (χ0) is 15.6. The van der Waals surface area contributed by atoms with E-state index < -0.39 is 11.7 Å². The topological polar surface area (TPSA) is 61.0 Å². The third-order valence-corrected chi connectivity index (χ3v) is 2.90. The van der Waals surface area contributed by atoms with Crippen LogP contribution in [0.15, 0.2) is 24.3 Å². The third-order valence-electron chi connectivity index (χ3n) is 2.90. The molecule has 0 aliphatic heterocycles. The quantitative estimate of drug-likeness (QED) is 0.937. The minimum absolute atomic E-state index is 0.249. The Balaban J connectivity index is 2.28. The summed E-state index contributed by atoms with van der Waals surface area (Å²) in [6.07, 6.45) is -3.79. The van der Waals surface area contributed by atoms with Gasteiger partial charge in [-0.2, -0.15) is 18.2 Å². The second kappa shape index (κ2) is 5.59. The summed E-state index contributed by atoms with van der Waals surface area (Å²) in [6.45, 7) is 3.56. The van der Waals surface area contributed by atoms with Crippen LogP contribution < -0.4 is 10.5 Å². The second-order valence-electron chi connectivity index (χ2n) is 4.43. The molecule has 112 valence electrons. The van der Waals surface area contributed by atoms with E-state index in [-0.39, 0.29) is 11.6 Å². The number of hydrogen-bond acceptors (Lipinski definition) is 4. The molecule has 0 saturated heterocycles. The molecule has 0 spiro atoms. The van der Waals surface area contributed by atoms with Crippen molar-refractivity contribution in [3.63, 3.8) is 0 Å². The van der Waals surface area contributed by atoms with Gasteiger partial charge in [-0.1, -0.05) is 6.92 Å². The lowest BCUT2D eigenvalue weighted by Crippen LogP contribution is -2.05. The highest BCUT2D eigenvalue weighted by Gasteiger charge is 2.30. The Morgan fingerprint density at radius 2 is 1.76 bits per heavy atom. The lowest BCUT2D eigenvalue weighted by Gasteiger charge is -2.11. The number of aryl methyl sites for hydroxylation is 1. The third kappa shape index (κ3) is 3.42. The summed E-state index contributed by atoms with van der Waals surface area (Å²) >= 11 is 0. The molecule has 0 fully saturated rings.